The Bertz CT molecular complexity index is 769. The number of carbonyl (C=O) groups is 1. The van der Waals surface area contributed by atoms with Gasteiger partial charge in [0.2, 0.25) is 0 Å². The number of hydrogen-bond donors (Lipinski definition) is 2. The number of pyridine rings is 1. The molecule has 3 N–H and O–H groups in total. The van der Waals surface area contributed by atoms with Crippen LogP contribution in [0.25, 0.3) is 11.1 Å². The Kier molecular flexibility index (Phi) is 4.16. The summed E-state index contributed by atoms with van der Waals surface area (Å²) in [7, 11) is 0. The summed E-state index contributed by atoms with van der Waals surface area (Å²) in [5.74, 6) is -0.158. The third-order valence-corrected chi connectivity index (χ3v) is 4.15. The lowest BCUT2D eigenvalue weighted by molar-refractivity contribution is 0.0953. The van der Waals surface area contributed by atoms with Crippen molar-refractivity contribution in [1.82, 2.24) is 10.3 Å². The van der Waals surface area contributed by atoms with Gasteiger partial charge in [0.05, 0.1) is 10.6 Å². The van der Waals surface area contributed by atoms with Gasteiger partial charge in [0.1, 0.15) is 0 Å². The number of carbonyl (C=O) groups excluding carboxylic acids is 1. The molecule has 3 aromatic rings. The SMILES string of the molecule is Nc1scc(-c2ccncc2)c1C(=O)NCc1ccccc1. The Labute approximate surface area is 132 Å². The Hall–Kier alpha value is -2.66. The third kappa shape index (κ3) is 2.99. The normalized spacial score (nSPS) is 10.4. The molecule has 0 aliphatic rings. The van der Waals surface area contributed by atoms with E-state index in [4.69, 9.17) is 5.73 Å². The first-order chi connectivity index (χ1) is 10.8. The maximum atomic E-state index is 12.5. The average Bonchev–Trinajstić information content (AvgIpc) is 2.96. The number of amides is 1. The van der Waals surface area contributed by atoms with Crippen molar-refractivity contribution in [1.29, 1.82) is 0 Å². The van der Waals surface area contributed by atoms with E-state index in [0.717, 1.165) is 16.7 Å². The smallest absolute Gasteiger partial charge is 0.255 e. The maximum Gasteiger partial charge on any atom is 0.255 e. The van der Waals surface area contributed by atoms with Gasteiger partial charge in [-0.1, -0.05) is 30.3 Å². The lowest BCUT2D eigenvalue weighted by Crippen LogP contribution is -2.23. The fourth-order valence-electron chi connectivity index (χ4n) is 2.22. The molecule has 0 unspecified atom stereocenters. The quantitative estimate of drug-likeness (QED) is 0.777. The molecule has 0 saturated heterocycles. The van der Waals surface area contributed by atoms with Crippen LogP contribution in [0.4, 0.5) is 5.00 Å². The summed E-state index contributed by atoms with van der Waals surface area (Å²) in [6, 6.07) is 13.5. The van der Waals surface area contributed by atoms with Gasteiger partial charge in [-0.25, -0.2) is 0 Å². The van der Waals surface area contributed by atoms with Crippen LogP contribution >= 0.6 is 11.3 Å². The molecule has 0 aliphatic heterocycles. The molecule has 0 spiro atoms. The first-order valence-corrected chi connectivity index (χ1v) is 7.73. The fraction of sp³-hybridized carbons (Fsp3) is 0.0588. The maximum absolute atomic E-state index is 12.5. The fourth-order valence-corrected chi connectivity index (χ4v) is 3.04. The van der Waals surface area contributed by atoms with Crippen LogP contribution in [0.5, 0.6) is 0 Å². The topological polar surface area (TPSA) is 68.0 Å². The minimum atomic E-state index is -0.158. The van der Waals surface area contributed by atoms with Gasteiger partial charge in [-0.05, 0) is 23.3 Å². The van der Waals surface area contributed by atoms with Crippen LogP contribution in [0.1, 0.15) is 15.9 Å². The number of nitrogens with one attached hydrogen (secondary N) is 1. The van der Waals surface area contributed by atoms with Crippen molar-refractivity contribution in [2.75, 3.05) is 5.73 Å². The zero-order chi connectivity index (χ0) is 15.4. The number of hydrogen-bond acceptors (Lipinski definition) is 4. The third-order valence-electron chi connectivity index (χ3n) is 3.33. The Morgan fingerprint density at radius 1 is 1.14 bits per heavy atom. The number of nitrogen functional groups attached to an aromatic ring is 1. The Morgan fingerprint density at radius 3 is 2.59 bits per heavy atom. The Balaban J connectivity index is 1.82. The van der Waals surface area contributed by atoms with Crippen molar-refractivity contribution < 1.29 is 4.79 Å². The van der Waals surface area contributed by atoms with Crippen LogP contribution in [0.2, 0.25) is 0 Å². The summed E-state index contributed by atoms with van der Waals surface area (Å²) in [5.41, 5.74) is 9.36. The van der Waals surface area contributed by atoms with Gasteiger partial charge in [0, 0.05) is 29.9 Å². The van der Waals surface area contributed by atoms with Gasteiger partial charge >= 0.3 is 0 Å². The lowest BCUT2D eigenvalue weighted by Gasteiger charge is -2.08. The molecule has 110 valence electrons. The molecule has 0 aliphatic carbocycles. The molecule has 2 aromatic heterocycles. The van der Waals surface area contributed by atoms with E-state index >= 15 is 0 Å². The predicted octanol–water partition coefficient (Wildman–Crippen LogP) is 3.32. The number of thiophene rings is 1. The summed E-state index contributed by atoms with van der Waals surface area (Å²) in [4.78, 5) is 16.5. The minimum absolute atomic E-state index is 0.158. The van der Waals surface area contributed by atoms with Gasteiger partial charge in [0.25, 0.3) is 5.91 Å². The van der Waals surface area contributed by atoms with Gasteiger partial charge < -0.3 is 11.1 Å². The molecule has 0 bridgehead atoms. The van der Waals surface area contributed by atoms with E-state index in [2.05, 4.69) is 10.3 Å². The van der Waals surface area contributed by atoms with E-state index in [1.54, 1.807) is 12.4 Å². The number of aromatic nitrogens is 1. The van der Waals surface area contributed by atoms with E-state index in [1.165, 1.54) is 11.3 Å². The van der Waals surface area contributed by atoms with E-state index in [9.17, 15) is 4.79 Å². The first kappa shape index (κ1) is 14.3. The number of nitrogens with two attached hydrogens (primary N) is 1. The van der Waals surface area contributed by atoms with E-state index in [1.807, 2.05) is 47.8 Å². The number of rotatable bonds is 4. The zero-order valence-corrected chi connectivity index (χ0v) is 12.6. The van der Waals surface area contributed by atoms with Crippen molar-refractivity contribution in [2.24, 2.45) is 0 Å². The summed E-state index contributed by atoms with van der Waals surface area (Å²) >= 11 is 1.37. The average molecular weight is 309 g/mol. The molecule has 22 heavy (non-hydrogen) atoms. The number of anilines is 1. The summed E-state index contributed by atoms with van der Waals surface area (Å²) in [6.07, 6.45) is 3.41. The first-order valence-electron chi connectivity index (χ1n) is 6.85. The van der Waals surface area contributed by atoms with Crippen molar-refractivity contribution in [3.05, 3.63) is 71.4 Å². The predicted molar refractivity (Wildman–Crippen MR) is 89.6 cm³/mol. The second kappa shape index (κ2) is 6.41. The van der Waals surface area contributed by atoms with Crippen molar-refractivity contribution in [3.8, 4) is 11.1 Å². The summed E-state index contributed by atoms with van der Waals surface area (Å²) in [5, 5.41) is 5.35. The monoisotopic (exact) mass is 309 g/mol. The second-order valence-electron chi connectivity index (χ2n) is 4.79. The molecule has 1 amide bonds. The molecular weight excluding hydrogens is 294 g/mol. The van der Waals surface area contributed by atoms with Crippen LogP contribution in [0, 0.1) is 0 Å². The highest BCUT2D eigenvalue weighted by molar-refractivity contribution is 7.15. The molecule has 2 heterocycles. The van der Waals surface area contributed by atoms with Crippen LogP contribution in [0.15, 0.2) is 60.2 Å². The van der Waals surface area contributed by atoms with Crippen LogP contribution in [-0.4, -0.2) is 10.9 Å². The molecule has 0 atom stereocenters. The highest BCUT2D eigenvalue weighted by Crippen LogP contribution is 2.33. The van der Waals surface area contributed by atoms with E-state index < -0.39 is 0 Å². The summed E-state index contributed by atoms with van der Waals surface area (Å²) < 4.78 is 0. The number of nitrogens with zero attached hydrogens (tertiary/aromatic N) is 1. The van der Waals surface area contributed by atoms with Crippen LogP contribution in [-0.2, 0) is 6.54 Å². The largest absolute Gasteiger partial charge is 0.390 e. The molecule has 0 radical (unpaired) electrons. The van der Waals surface area contributed by atoms with Crippen molar-refractivity contribution in [2.45, 2.75) is 6.54 Å². The van der Waals surface area contributed by atoms with Crippen molar-refractivity contribution >= 4 is 22.2 Å². The van der Waals surface area contributed by atoms with E-state index in [0.29, 0.717) is 17.1 Å². The van der Waals surface area contributed by atoms with Gasteiger partial charge in [0.15, 0.2) is 0 Å². The van der Waals surface area contributed by atoms with Crippen molar-refractivity contribution in [3.63, 3.8) is 0 Å². The number of benzene rings is 1. The molecule has 4 nitrogen and oxygen atoms in total. The molecule has 0 fully saturated rings. The standard InChI is InChI=1S/C17H15N3OS/c18-16-15(14(11-22-16)13-6-8-19-9-7-13)17(21)20-10-12-4-2-1-3-5-12/h1-9,11H,10,18H2,(H,20,21). The highest BCUT2D eigenvalue weighted by atomic mass is 32.1. The van der Waals surface area contributed by atoms with Crippen LogP contribution in [0.3, 0.4) is 0 Å². The molecular formula is C17H15N3OS. The highest BCUT2D eigenvalue weighted by Gasteiger charge is 2.18. The summed E-state index contributed by atoms with van der Waals surface area (Å²) in [6.45, 7) is 0.477. The van der Waals surface area contributed by atoms with Crippen LogP contribution < -0.4 is 11.1 Å². The van der Waals surface area contributed by atoms with Gasteiger partial charge in [-0.2, -0.15) is 0 Å². The molecule has 0 saturated carbocycles. The molecule has 1 aromatic carbocycles. The Morgan fingerprint density at radius 2 is 1.86 bits per heavy atom. The van der Waals surface area contributed by atoms with Gasteiger partial charge in [-0.15, -0.1) is 11.3 Å². The second-order valence-corrected chi connectivity index (χ2v) is 5.70. The molecule has 3 rings (SSSR count). The zero-order valence-electron chi connectivity index (χ0n) is 11.8. The molecule has 5 heteroatoms. The lowest BCUT2D eigenvalue weighted by atomic mass is 10.0. The minimum Gasteiger partial charge on any atom is -0.390 e. The van der Waals surface area contributed by atoms with E-state index in [-0.39, 0.29) is 5.91 Å². The van der Waals surface area contributed by atoms with Gasteiger partial charge in [-0.3, -0.25) is 9.78 Å².